The molecule has 0 spiro atoms. The van der Waals surface area contributed by atoms with Gasteiger partial charge in [0.25, 0.3) is 0 Å². The van der Waals surface area contributed by atoms with E-state index in [1.165, 1.54) is 0 Å². The van der Waals surface area contributed by atoms with E-state index in [-0.39, 0.29) is 11.8 Å². The van der Waals surface area contributed by atoms with Crippen molar-refractivity contribution in [3.05, 3.63) is 16.5 Å². The van der Waals surface area contributed by atoms with E-state index in [1.54, 1.807) is 0 Å². The van der Waals surface area contributed by atoms with Crippen molar-refractivity contribution in [1.29, 1.82) is 0 Å². The van der Waals surface area contributed by atoms with Crippen molar-refractivity contribution < 1.29 is 4.79 Å². The average molecular weight is 283 g/mol. The number of anilines is 1. The summed E-state index contributed by atoms with van der Waals surface area (Å²) < 4.78 is 0. The average Bonchev–Trinajstić information content (AvgIpc) is 2.36. The molecule has 1 heterocycles. The summed E-state index contributed by atoms with van der Waals surface area (Å²) >= 11 is 6.05. The number of carbonyl (C=O) groups is 1. The highest BCUT2D eigenvalue weighted by Gasteiger charge is 2.25. The number of hydrogen-bond donors (Lipinski definition) is 2. The number of nitrogens with zero attached hydrogens (tertiary/aromatic N) is 2. The summed E-state index contributed by atoms with van der Waals surface area (Å²) in [5.41, 5.74) is 6.20. The first-order chi connectivity index (χ1) is 8.97. The van der Waals surface area contributed by atoms with Crippen LogP contribution >= 0.6 is 11.6 Å². The van der Waals surface area contributed by atoms with Crippen LogP contribution in [-0.4, -0.2) is 21.9 Å². The van der Waals surface area contributed by atoms with E-state index >= 15 is 0 Å². The minimum absolute atomic E-state index is 0.0230. The molecule has 1 aromatic rings. The van der Waals surface area contributed by atoms with Crippen molar-refractivity contribution in [2.75, 3.05) is 5.32 Å². The topological polar surface area (TPSA) is 80.9 Å². The number of halogens is 1. The van der Waals surface area contributed by atoms with E-state index in [0.717, 1.165) is 37.1 Å². The van der Waals surface area contributed by atoms with Crippen LogP contribution in [0, 0.1) is 19.8 Å². The number of amides is 1. The quantitative estimate of drug-likeness (QED) is 0.833. The molecule has 104 valence electrons. The smallest absolute Gasteiger partial charge is 0.220 e. The molecule has 1 aliphatic carbocycles. The first-order valence-corrected chi connectivity index (χ1v) is 6.91. The lowest BCUT2D eigenvalue weighted by Crippen LogP contribution is -2.32. The Hall–Kier alpha value is -1.36. The molecular formula is C13H19ClN4O. The lowest BCUT2D eigenvalue weighted by molar-refractivity contribution is -0.122. The number of rotatable bonds is 3. The number of hydrogen-bond acceptors (Lipinski definition) is 4. The maximum absolute atomic E-state index is 11.1. The highest BCUT2D eigenvalue weighted by molar-refractivity contribution is 6.30. The predicted molar refractivity (Wildman–Crippen MR) is 75.1 cm³/mol. The van der Waals surface area contributed by atoms with Gasteiger partial charge in [0.15, 0.2) is 0 Å². The van der Waals surface area contributed by atoms with Crippen LogP contribution in [0.4, 0.5) is 5.82 Å². The van der Waals surface area contributed by atoms with Crippen molar-refractivity contribution in [2.45, 2.75) is 45.6 Å². The zero-order valence-corrected chi connectivity index (χ0v) is 12.0. The van der Waals surface area contributed by atoms with Crippen LogP contribution in [0.25, 0.3) is 0 Å². The summed E-state index contributed by atoms with van der Waals surface area (Å²) in [4.78, 5) is 19.6. The number of nitrogens with two attached hydrogens (primary N) is 1. The first-order valence-electron chi connectivity index (χ1n) is 6.54. The van der Waals surface area contributed by atoms with Crippen molar-refractivity contribution in [2.24, 2.45) is 11.7 Å². The van der Waals surface area contributed by atoms with E-state index < -0.39 is 0 Å². The van der Waals surface area contributed by atoms with E-state index in [4.69, 9.17) is 17.3 Å². The number of aromatic nitrogens is 2. The van der Waals surface area contributed by atoms with E-state index in [2.05, 4.69) is 15.3 Å². The summed E-state index contributed by atoms with van der Waals surface area (Å²) in [5, 5.41) is 3.89. The molecule has 0 saturated heterocycles. The maximum Gasteiger partial charge on any atom is 0.220 e. The number of aryl methyl sites for hydroxylation is 1. The third kappa shape index (κ3) is 3.35. The second-order valence-corrected chi connectivity index (χ2v) is 5.49. The van der Waals surface area contributed by atoms with Crippen LogP contribution in [0.15, 0.2) is 0 Å². The summed E-state index contributed by atoms with van der Waals surface area (Å²) in [6, 6.07) is 0.319. The van der Waals surface area contributed by atoms with Crippen molar-refractivity contribution in [1.82, 2.24) is 9.97 Å². The Morgan fingerprint density at radius 3 is 2.47 bits per heavy atom. The van der Waals surface area contributed by atoms with Gasteiger partial charge in [-0.25, -0.2) is 9.97 Å². The fourth-order valence-corrected chi connectivity index (χ4v) is 2.66. The van der Waals surface area contributed by atoms with Gasteiger partial charge in [-0.15, -0.1) is 0 Å². The Morgan fingerprint density at radius 2 is 1.89 bits per heavy atom. The molecule has 0 unspecified atom stereocenters. The van der Waals surface area contributed by atoms with Gasteiger partial charge in [0.05, 0.1) is 0 Å². The van der Waals surface area contributed by atoms with Crippen LogP contribution in [0.2, 0.25) is 5.15 Å². The van der Waals surface area contributed by atoms with Gasteiger partial charge < -0.3 is 11.1 Å². The minimum Gasteiger partial charge on any atom is -0.369 e. The van der Waals surface area contributed by atoms with Gasteiger partial charge in [0.2, 0.25) is 5.91 Å². The summed E-state index contributed by atoms with van der Waals surface area (Å²) in [6.45, 7) is 3.72. The number of nitrogens with one attached hydrogen (secondary N) is 1. The number of primary amides is 1. The molecule has 1 saturated carbocycles. The van der Waals surface area contributed by atoms with E-state index in [9.17, 15) is 4.79 Å². The van der Waals surface area contributed by atoms with Crippen molar-refractivity contribution >= 4 is 23.3 Å². The molecule has 0 bridgehead atoms. The highest BCUT2D eigenvalue weighted by Crippen LogP contribution is 2.28. The van der Waals surface area contributed by atoms with Gasteiger partial charge in [-0.2, -0.15) is 0 Å². The second-order valence-electron chi connectivity index (χ2n) is 5.13. The lowest BCUT2D eigenvalue weighted by atomic mass is 9.85. The molecule has 0 atom stereocenters. The summed E-state index contributed by atoms with van der Waals surface area (Å²) in [7, 11) is 0. The molecule has 5 nitrogen and oxygen atoms in total. The van der Waals surface area contributed by atoms with Gasteiger partial charge in [-0.05, 0) is 39.5 Å². The molecule has 1 fully saturated rings. The lowest BCUT2D eigenvalue weighted by Gasteiger charge is -2.28. The third-order valence-corrected chi connectivity index (χ3v) is 4.04. The largest absolute Gasteiger partial charge is 0.369 e. The SMILES string of the molecule is Cc1nc(Cl)c(C)c(NC2CCC(C(N)=O)CC2)n1. The number of carbonyl (C=O) groups excluding carboxylic acids is 1. The van der Waals surface area contributed by atoms with Crippen molar-refractivity contribution in [3.8, 4) is 0 Å². The predicted octanol–water partition coefficient (Wildman–Crippen LogP) is 2.20. The van der Waals surface area contributed by atoms with Crippen LogP contribution in [0.5, 0.6) is 0 Å². The first kappa shape index (κ1) is 14.1. The van der Waals surface area contributed by atoms with Crippen LogP contribution in [0.3, 0.4) is 0 Å². The van der Waals surface area contributed by atoms with Gasteiger partial charge in [-0.1, -0.05) is 11.6 Å². The molecule has 0 aliphatic heterocycles. The van der Waals surface area contributed by atoms with Crippen LogP contribution < -0.4 is 11.1 Å². The molecule has 0 radical (unpaired) electrons. The minimum atomic E-state index is -0.185. The Labute approximate surface area is 118 Å². The molecule has 1 amide bonds. The molecule has 2 rings (SSSR count). The van der Waals surface area contributed by atoms with Gasteiger partial charge >= 0.3 is 0 Å². The summed E-state index contributed by atoms with van der Waals surface area (Å²) in [5.74, 6) is 1.29. The van der Waals surface area contributed by atoms with Crippen LogP contribution in [0.1, 0.15) is 37.1 Å². The Morgan fingerprint density at radius 1 is 1.26 bits per heavy atom. The normalized spacial score (nSPS) is 23.1. The highest BCUT2D eigenvalue weighted by atomic mass is 35.5. The molecule has 0 aromatic carbocycles. The molecule has 1 aromatic heterocycles. The molecular weight excluding hydrogens is 264 g/mol. The van der Waals surface area contributed by atoms with Gasteiger partial charge in [0, 0.05) is 17.5 Å². The fraction of sp³-hybridized carbons (Fsp3) is 0.615. The van der Waals surface area contributed by atoms with Crippen molar-refractivity contribution in [3.63, 3.8) is 0 Å². The standard InChI is InChI=1S/C13H19ClN4O/c1-7-11(14)16-8(2)17-13(7)18-10-5-3-9(4-6-10)12(15)19/h9-10H,3-6H2,1-2H3,(H2,15,19)(H,16,17,18). The Kier molecular flexibility index (Phi) is 4.24. The fourth-order valence-electron chi connectivity index (χ4n) is 2.45. The monoisotopic (exact) mass is 282 g/mol. The molecule has 6 heteroatoms. The van der Waals surface area contributed by atoms with Crippen LogP contribution in [-0.2, 0) is 4.79 Å². The maximum atomic E-state index is 11.1. The second kappa shape index (κ2) is 5.74. The molecule has 19 heavy (non-hydrogen) atoms. The summed E-state index contributed by atoms with van der Waals surface area (Å²) in [6.07, 6.45) is 3.52. The molecule has 1 aliphatic rings. The zero-order valence-electron chi connectivity index (χ0n) is 11.2. The Balaban J connectivity index is 2.01. The molecule has 3 N–H and O–H groups in total. The zero-order chi connectivity index (χ0) is 14.0. The Bertz CT molecular complexity index is 484. The van der Waals surface area contributed by atoms with E-state index in [1.807, 2.05) is 13.8 Å². The van der Waals surface area contributed by atoms with E-state index in [0.29, 0.717) is 17.0 Å². The van der Waals surface area contributed by atoms with Gasteiger partial charge in [-0.3, -0.25) is 4.79 Å². The third-order valence-electron chi connectivity index (χ3n) is 3.67. The van der Waals surface area contributed by atoms with Gasteiger partial charge in [0.1, 0.15) is 16.8 Å².